The van der Waals surface area contributed by atoms with Crippen LogP contribution in [0.5, 0.6) is 11.5 Å². The van der Waals surface area contributed by atoms with Crippen LogP contribution < -0.4 is 15.2 Å². The van der Waals surface area contributed by atoms with Gasteiger partial charge in [0.1, 0.15) is 0 Å². The van der Waals surface area contributed by atoms with Gasteiger partial charge < -0.3 is 20.1 Å². The highest BCUT2D eigenvalue weighted by Crippen LogP contribution is 2.27. The molecule has 0 aliphatic rings. The predicted octanol–water partition coefficient (Wildman–Crippen LogP) is 1.57. The van der Waals surface area contributed by atoms with E-state index in [1.165, 1.54) is 0 Å². The Kier molecular flexibility index (Phi) is 6.06. The van der Waals surface area contributed by atoms with Crippen molar-refractivity contribution in [2.24, 2.45) is 5.73 Å². The Balaban J connectivity index is 2.77. The molecule has 1 aromatic rings. The van der Waals surface area contributed by atoms with Crippen LogP contribution in [-0.4, -0.2) is 38.1 Å². The van der Waals surface area contributed by atoms with Crippen LogP contribution in [0.25, 0.3) is 0 Å². The summed E-state index contributed by atoms with van der Waals surface area (Å²) in [6.07, 6.45) is 2.11. The van der Waals surface area contributed by atoms with Crippen molar-refractivity contribution in [3.05, 3.63) is 36.4 Å². The van der Waals surface area contributed by atoms with E-state index in [1.54, 1.807) is 32.2 Å². The fraction of sp³-hybridized carbons (Fsp3) is 0.400. The predicted molar refractivity (Wildman–Crippen MR) is 78.8 cm³/mol. The molecule has 0 spiro atoms. The average molecular weight is 278 g/mol. The molecule has 2 N–H and O–H groups in total. The number of hydrogen-bond acceptors (Lipinski definition) is 4. The number of nitrogens with zero attached hydrogens (tertiary/aromatic N) is 1. The number of rotatable bonds is 7. The van der Waals surface area contributed by atoms with Crippen molar-refractivity contribution in [2.45, 2.75) is 19.0 Å². The van der Waals surface area contributed by atoms with Gasteiger partial charge in [0.05, 0.1) is 20.3 Å². The minimum absolute atomic E-state index is 0.111. The summed E-state index contributed by atoms with van der Waals surface area (Å²) in [5.41, 5.74) is 6.73. The lowest BCUT2D eigenvalue weighted by atomic mass is 10.1. The summed E-state index contributed by atoms with van der Waals surface area (Å²) in [5.74, 6) is 1.19. The Morgan fingerprint density at radius 2 is 2.05 bits per heavy atom. The van der Waals surface area contributed by atoms with Gasteiger partial charge in [0.15, 0.2) is 11.5 Å². The molecule has 0 aliphatic heterocycles. The molecule has 0 radical (unpaired) electrons. The Labute approximate surface area is 120 Å². The molecule has 0 saturated carbocycles. The van der Waals surface area contributed by atoms with Crippen LogP contribution in [0, 0.1) is 0 Å². The summed E-state index contributed by atoms with van der Waals surface area (Å²) in [6.45, 7) is 4.05. The molecule has 5 nitrogen and oxygen atoms in total. The van der Waals surface area contributed by atoms with E-state index in [9.17, 15) is 4.79 Å². The molecule has 0 heterocycles. The van der Waals surface area contributed by atoms with Gasteiger partial charge in [-0.05, 0) is 24.1 Å². The van der Waals surface area contributed by atoms with E-state index in [-0.39, 0.29) is 5.91 Å². The van der Waals surface area contributed by atoms with Gasteiger partial charge in [-0.15, -0.1) is 6.58 Å². The number of amides is 1. The second kappa shape index (κ2) is 7.55. The summed E-state index contributed by atoms with van der Waals surface area (Å²) >= 11 is 0. The molecule has 0 aromatic heterocycles. The van der Waals surface area contributed by atoms with E-state index in [2.05, 4.69) is 6.58 Å². The fourth-order valence-electron chi connectivity index (χ4n) is 1.89. The van der Waals surface area contributed by atoms with Crippen molar-refractivity contribution in [1.29, 1.82) is 0 Å². The van der Waals surface area contributed by atoms with Gasteiger partial charge in [0.2, 0.25) is 5.91 Å². The molecule has 0 bridgehead atoms. The van der Waals surface area contributed by atoms with Crippen molar-refractivity contribution >= 4 is 5.91 Å². The maximum absolute atomic E-state index is 12.0. The molecule has 1 amide bonds. The van der Waals surface area contributed by atoms with Crippen LogP contribution in [0.3, 0.4) is 0 Å². The zero-order valence-corrected chi connectivity index (χ0v) is 12.3. The smallest absolute Gasteiger partial charge is 0.239 e. The number of hydrogen-bond donors (Lipinski definition) is 1. The maximum Gasteiger partial charge on any atom is 0.239 e. The van der Waals surface area contributed by atoms with E-state index in [0.29, 0.717) is 24.5 Å². The first-order valence-corrected chi connectivity index (χ1v) is 6.35. The topological polar surface area (TPSA) is 64.8 Å². The second-order valence-electron chi connectivity index (χ2n) is 4.51. The molecule has 110 valence electrons. The molecule has 1 atom stereocenters. The second-order valence-corrected chi connectivity index (χ2v) is 4.51. The molecule has 0 fully saturated rings. The summed E-state index contributed by atoms with van der Waals surface area (Å²) in [6, 6.07) is 5.01. The molecular weight excluding hydrogens is 256 g/mol. The fourth-order valence-corrected chi connectivity index (χ4v) is 1.89. The van der Waals surface area contributed by atoms with Gasteiger partial charge in [0, 0.05) is 13.6 Å². The number of carbonyl (C=O) groups excluding carboxylic acids is 1. The first-order valence-electron chi connectivity index (χ1n) is 6.35. The molecule has 1 rings (SSSR count). The lowest BCUT2D eigenvalue weighted by Crippen LogP contribution is -2.41. The molecule has 0 saturated heterocycles. The third-order valence-electron chi connectivity index (χ3n) is 2.98. The van der Waals surface area contributed by atoms with Gasteiger partial charge in [-0.1, -0.05) is 12.1 Å². The van der Waals surface area contributed by atoms with Crippen LogP contribution in [-0.2, 0) is 11.3 Å². The number of benzene rings is 1. The molecule has 1 aromatic carbocycles. The zero-order valence-electron chi connectivity index (χ0n) is 12.3. The van der Waals surface area contributed by atoms with E-state index in [4.69, 9.17) is 15.2 Å². The zero-order chi connectivity index (χ0) is 15.1. The standard InChI is InChI=1S/C15H22N2O3/c1-5-6-12(16)15(18)17(2)10-11-7-8-13(19-3)14(9-11)20-4/h5,7-9,12H,1,6,10,16H2,2-4H3. The minimum atomic E-state index is -0.544. The van der Waals surface area contributed by atoms with Crippen molar-refractivity contribution in [3.63, 3.8) is 0 Å². The number of ether oxygens (including phenoxy) is 2. The first kappa shape index (κ1) is 16.0. The Hall–Kier alpha value is -2.01. The number of nitrogens with two attached hydrogens (primary N) is 1. The third-order valence-corrected chi connectivity index (χ3v) is 2.98. The van der Waals surface area contributed by atoms with E-state index < -0.39 is 6.04 Å². The summed E-state index contributed by atoms with van der Waals surface area (Å²) in [5, 5.41) is 0. The molecular formula is C15H22N2O3. The largest absolute Gasteiger partial charge is 0.493 e. The molecule has 20 heavy (non-hydrogen) atoms. The number of methoxy groups -OCH3 is 2. The van der Waals surface area contributed by atoms with Crippen LogP contribution in [0.2, 0.25) is 0 Å². The lowest BCUT2D eigenvalue weighted by molar-refractivity contribution is -0.131. The Bertz CT molecular complexity index is 474. The highest BCUT2D eigenvalue weighted by atomic mass is 16.5. The van der Waals surface area contributed by atoms with Crippen molar-refractivity contribution < 1.29 is 14.3 Å². The van der Waals surface area contributed by atoms with Gasteiger partial charge in [-0.2, -0.15) is 0 Å². The van der Waals surface area contributed by atoms with Crippen LogP contribution in [0.4, 0.5) is 0 Å². The maximum atomic E-state index is 12.0. The van der Waals surface area contributed by atoms with Crippen LogP contribution in [0.15, 0.2) is 30.9 Å². The van der Waals surface area contributed by atoms with Crippen LogP contribution >= 0.6 is 0 Å². The Morgan fingerprint density at radius 3 is 2.60 bits per heavy atom. The van der Waals surface area contributed by atoms with Crippen molar-refractivity contribution in [3.8, 4) is 11.5 Å². The lowest BCUT2D eigenvalue weighted by Gasteiger charge is -2.21. The quantitative estimate of drug-likeness (QED) is 0.769. The number of likely N-dealkylation sites (N-methyl/N-ethyl adjacent to an activating group) is 1. The number of carbonyl (C=O) groups is 1. The molecule has 1 unspecified atom stereocenters. The summed E-state index contributed by atoms with van der Waals surface area (Å²) < 4.78 is 10.4. The minimum Gasteiger partial charge on any atom is -0.493 e. The molecule has 0 aliphatic carbocycles. The first-order chi connectivity index (χ1) is 9.53. The van der Waals surface area contributed by atoms with Gasteiger partial charge in [-0.25, -0.2) is 0 Å². The van der Waals surface area contributed by atoms with Gasteiger partial charge >= 0.3 is 0 Å². The highest BCUT2D eigenvalue weighted by Gasteiger charge is 2.17. The average Bonchev–Trinajstić information content (AvgIpc) is 2.46. The SMILES string of the molecule is C=CCC(N)C(=O)N(C)Cc1ccc(OC)c(OC)c1. The normalized spacial score (nSPS) is 11.6. The van der Waals surface area contributed by atoms with Crippen LogP contribution in [0.1, 0.15) is 12.0 Å². The monoisotopic (exact) mass is 278 g/mol. The van der Waals surface area contributed by atoms with Crippen molar-refractivity contribution in [1.82, 2.24) is 4.90 Å². The third kappa shape index (κ3) is 3.99. The highest BCUT2D eigenvalue weighted by molar-refractivity contribution is 5.81. The van der Waals surface area contributed by atoms with Gasteiger partial charge in [-0.3, -0.25) is 4.79 Å². The van der Waals surface area contributed by atoms with E-state index >= 15 is 0 Å². The van der Waals surface area contributed by atoms with Crippen molar-refractivity contribution in [2.75, 3.05) is 21.3 Å². The summed E-state index contributed by atoms with van der Waals surface area (Å²) in [4.78, 5) is 13.6. The van der Waals surface area contributed by atoms with E-state index in [0.717, 1.165) is 5.56 Å². The van der Waals surface area contributed by atoms with Gasteiger partial charge in [0.25, 0.3) is 0 Å². The van der Waals surface area contributed by atoms with E-state index in [1.807, 2.05) is 18.2 Å². The Morgan fingerprint density at radius 1 is 1.40 bits per heavy atom. The summed E-state index contributed by atoms with van der Waals surface area (Å²) in [7, 11) is 4.89. The molecule has 5 heteroatoms.